The van der Waals surface area contributed by atoms with E-state index < -0.39 is 23.5 Å². The van der Waals surface area contributed by atoms with Crippen molar-refractivity contribution in [1.29, 1.82) is 0 Å². The van der Waals surface area contributed by atoms with Crippen molar-refractivity contribution in [3.05, 3.63) is 0 Å². The number of aliphatic carboxylic acids is 1. The van der Waals surface area contributed by atoms with Crippen LogP contribution in [0.25, 0.3) is 0 Å². The molecule has 3 N–H and O–H groups in total. The van der Waals surface area contributed by atoms with Crippen LogP contribution in [0.1, 0.15) is 20.8 Å². The molecule has 0 spiro atoms. The van der Waals surface area contributed by atoms with Crippen LogP contribution < -0.4 is 10.6 Å². The van der Waals surface area contributed by atoms with Crippen molar-refractivity contribution in [3.8, 4) is 0 Å². The molecule has 0 fully saturated rings. The summed E-state index contributed by atoms with van der Waals surface area (Å²) in [5.41, 5.74) is -0.595. The number of carbonyl (C=O) groups is 2. The van der Waals surface area contributed by atoms with Crippen molar-refractivity contribution >= 4 is 28.7 Å². The number of carbonyl (C=O) groups excluding carboxylic acids is 1. The Morgan fingerprint density at radius 1 is 1.41 bits per heavy atom. The predicted octanol–water partition coefficient (Wildman–Crippen LogP) is 0.554. The topological polar surface area (TPSA) is 117 Å². The molecule has 0 aliphatic rings. The molecule has 1 unspecified atom stereocenters. The second-order valence-electron chi connectivity index (χ2n) is 4.40. The van der Waals surface area contributed by atoms with Gasteiger partial charge in [-0.05, 0) is 10.6 Å². The largest absolute Gasteiger partial charge is 0.480 e. The van der Waals surface area contributed by atoms with Gasteiger partial charge in [0.1, 0.15) is 6.04 Å². The summed E-state index contributed by atoms with van der Waals surface area (Å²) in [6, 6.07) is -1.64. The number of hydrogen-bond acceptors (Lipinski definition) is 6. The van der Waals surface area contributed by atoms with E-state index in [2.05, 4.69) is 25.4 Å². The number of amides is 2. The van der Waals surface area contributed by atoms with Crippen LogP contribution in [-0.4, -0.2) is 37.9 Å². The number of anilines is 1. The van der Waals surface area contributed by atoms with Crippen LogP contribution in [0.2, 0.25) is 0 Å². The van der Waals surface area contributed by atoms with Gasteiger partial charge in [-0.2, -0.15) is 0 Å². The van der Waals surface area contributed by atoms with Crippen molar-refractivity contribution < 1.29 is 14.7 Å². The summed E-state index contributed by atoms with van der Waals surface area (Å²) in [6.45, 7) is 5.16. The molecule has 2 amide bonds. The van der Waals surface area contributed by atoms with E-state index in [4.69, 9.17) is 5.11 Å². The Bertz CT molecular complexity index is 400. The number of aromatic nitrogens is 3. The summed E-state index contributed by atoms with van der Waals surface area (Å²) < 4.78 is 3.46. The van der Waals surface area contributed by atoms with Gasteiger partial charge in [0.2, 0.25) is 5.13 Å². The van der Waals surface area contributed by atoms with Crippen LogP contribution in [0.3, 0.4) is 0 Å². The maximum Gasteiger partial charge on any atom is 0.326 e. The number of rotatable bonds is 3. The van der Waals surface area contributed by atoms with Gasteiger partial charge in [-0.15, -0.1) is 0 Å². The summed E-state index contributed by atoms with van der Waals surface area (Å²) in [5.74, 6) is -1.09. The van der Waals surface area contributed by atoms with E-state index in [9.17, 15) is 9.59 Å². The van der Waals surface area contributed by atoms with E-state index in [-0.39, 0.29) is 5.13 Å². The average molecular weight is 259 g/mol. The first-order valence-electron chi connectivity index (χ1n) is 4.76. The molecule has 1 rings (SSSR count). The second kappa shape index (κ2) is 5.04. The molecule has 0 saturated heterocycles. The first-order valence-corrected chi connectivity index (χ1v) is 5.53. The van der Waals surface area contributed by atoms with Gasteiger partial charge in [0.25, 0.3) is 0 Å². The Morgan fingerprint density at radius 2 is 2.06 bits per heavy atom. The highest BCUT2D eigenvalue weighted by Crippen LogP contribution is 2.19. The molecule has 1 heterocycles. The third-order valence-electron chi connectivity index (χ3n) is 1.91. The SMILES string of the molecule is CC(C)(C)C(NC(=O)Nc1nnns1)C(=O)O. The molecule has 17 heavy (non-hydrogen) atoms. The summed E-state index contributed by atoms with van der Waals surface area (Å²) in [7, 11) is 0. The van der Waals surface area contributed by atoms with Gasteiger partial charge in [0.15, 0.2) is 0 Å². The van der Waals surface area contributed by atoms with Crippen LogP contribution in [0.15, 0.2) is 0 Å². The lowest BCUT2D eigenvalue weighted by atomic mass is 9.87. The molecule has 9 heteroatoms. The van der Waals surface area contributed by atoms with Gasteiger partial charge >= 0.3 is 12.0 Å². The third-order valence-corrected chi connectivity index (χ3v) is 2.42. The number of carboxylic acids is 1. The number of nitrogens with one attached hydrogen (secondary N) is 2. The fraction of sp³-hybridized carbons (Fsp3) is 0.625. The van der Waals surface area contributed by atoms with Crippen molar-refractivity contribution in [3.63, 3.8) is 0 Å². The van der Waals surface area contributed by atoms with E-state index in [1.165, 1.54) is 0 Å². The van der Waals surface area contributed by atoms with E-state index in [0.717, 1.165) is 11.5 Å². The molecule has 94 valence electrons. The van der Waals surface area contributed by atoms with Crippen LogP contribution >= 0.6 is 11.5 Å². The fourth-order valence-corrected chi connectivity index (χ4v) is 1.46. The molecule has 1 aromatic heterocycles. The molecular formula is C8H13N5O3S. The van der Waals surface area contributed by atoms with Crippen LogP contribution in [-0.2, 0) is 4.79 Å². The van der Waals surface area contributed by atoms with Crippen LogP contribution in [0.5, 0.6) is 0 Å². The first-order chi connectivity index (χ1) is 7.80. The maximum atomic E-state index is 11.5. The van der Waals surface area contributed by atoms with Gasteiger partial charge < -0.3 is 10.4 Å². The fourth-order valence-electron chi connectivity index (χ4n) is 1.09. The Balaban J connectivity index is 2.62. The van der Waals surface area contributed by atoms with Gasteiger partial charge in [0, 0.05) is 11.5 Å². The van der Waals surface area contributed by atoms with Crippen molar-refractivity contribution in [2.45, 2.75) is 26.8 Å². The molecule has 0 aliphatic carbocycles. The van der Waals surface area contributed by atoms with Gasteiger partial charge in [-0.25, -0.2) is 9.59 Å². The zero-order valence-corrected chi connectivity index (χ0v) is 10.4. The van der Waals surface area contributed by atoms with E-state index in [1.807, 2.05) is 0 Å². The summed E-state index contributed by atoms with van der Waals surface area (Å²) >= 11 is 0.903. The average Bonchev–Trinajstić information content (AvgIpc) is 2.64. The van der Waals surface area contributed by atoms with Gasteiger partial charge in [0.05, 0.1) is 0 Å². The van der Waals surface area contributed by atoms with Gasteiger partial charge in [-0.1, -0.05) is 30.4 Å². The van der Waals surface area contributed by atoms with E-state index >= 15 is 0 Å². The molecule has 1 aromatic rings. The van der Waals surface area contributed by atoms with Crippen molar-refractivity contribution in [1.82, 2.24) is 20.1 Å². The third kappa shape index (κ3) is 3.94. The molecule has 8 nitrogen and oxygen atoms in total. The molecule has 0 bridgehead atoms. The van der Waals surface area contributed by atoms with Crippen LogP contribution in [0.4, 0.5) is 9.93 Å². The summed E-state index contributed by atoms with van der Waals surface area (Å²) in [5, 5.41) is 20.7. The number of hydrogen-bond donors (Lipinski definition) is 3. The maximum absolute atomic E-state index is 11.5. The minimum atomic E-state index is -1.09. The van der Waals surface area contributed by atoms with E-state index in [1.54, 1.807) is 20.8 Å². The summed E-state index contributed by atoms with van der Waals surface area (Å²) in [4.78, 5) is 22.5. The number of carboxylic acid groups (broad SMARTS) is 1. The zero-order valence-electron chi connectivity index (χ0n) is 9.59. The Hall–Kier alpha value is -1.77. The van der Waals surface area contributed by atoms with E-state index in [0.29, 0.717) is 0 Å². The van der Waals surface area contributed by atoms with Gasteiger partial charge in [-0.3, -0.25) is 5.32 Å². The Labute approximate surface area is 102 Å². The lowest BCUT2D eigenvalue weighted by molar-refractivity contribution is -0.141. The lowest BCUT2D eigenvalue weighted by Gasteiger charge is -2.27. The normalized spacial score (nSPS) is 12.9. The summed E-state index contributed by atoms with van der Waals surface area (Å²) in [6.07, 6.45) is 0. The second-order valence-corrected chi connectivity index (χ2v) is 5.14. The Morgan fingerprint density at radius 3 is 2.47 bits per heavy atom. The highest BCUT2D eigenvalue weighted by Gasteiger charge is 2.32. The molecular weight excluding hydrogens is 246 g/mol. The zero-order chi connectivity index (χ0) is 13.1. The number of urea groups is 1. The highest BCUT2D eigenvalue weighted by molar-refractivity contribution is 7.09. The Kier molecular flexibility index (Phi) is 3.94. The molecule has 0 saturated carbocycles. The molecule has 1 atom stereocenters. The highest BCUT2D eigenvalue weighted by atomic mass is 32.1. The monoisotopic (exact) mass is 259 g/mol. The van der Waals surface area contributed by atoms with Crippen molar-refractivity contribution in [2.75, 3.05) is 5.32 Å². The quantitative estimate of drug-likeness (QED) is 0.729. The molecule has 0 aliphatic heterocycles. The number of nitrogens with zero attached hydrogens (tertiary/aromatic N) is 3. The minimum Gasteiger partial charge on any atom is -0.480 e. The smallest absolute Gasteiger partial charge is 0.326 e. The molecule has 0 radical (unpaired) electrons. The molecule has 0 aromatic carbocycles. The predicted molar refractivity (Wildman–Crippen MR) is 60.7 cm³/mol. The lowest BCUT2D eigenvalue weighted by Crippen LogP contribution is -2.50. The minimum absolute atomic E-state index is 0.209. The van der Waals surface area contributed by atoms with Crippen molar-refractivity contribution in [2.24, 2.45) is 5.41 Å². The van der Waals surface area contributed by atoms with Crippen LogP contribution in [0, 0.1) is 5.41 Å². The standard InChI is InChI=1S/C8H13N5O3S/c1-8(2,3)4(5(14)15)9-6(16)10-7-11-12-13-17-7/h4H,1-3H3,(H,14,15)(H2,9,10,11,13,16). The first kappa shape index (κ1) is 13.3.